The Hall–Kier alpha value is -2.43. The van der Waals surface area contributed by atoms with Crippen LogP contribution in [0.2, 0.25) is 0 Å². The molecule has 0 aliphatic heterocycles. The van der Waals surface area contributed by atoms with Crippen LogP contribution < -0.4 is 10.6 Å². The SMILES string of the molecule is CN(C(=O)c1cc(N)ncn1)c1ccccc1. The molecule has 0 saturated carbocycles. The molecule has 0 aliphatic carbocycles. The van der Waals surface area contributed by atoms with Crippen LogP contribution in [0.4, 0.5) is 11.5 Å². The molecule has 0 unspecified atom stereocenters. The van der Waals surface area contributed by atoms with E-state index in [1.54, 1.807) is 7.05 Å². The quantitative estimate of drug-likeness (QED) is 0.841. The fourth-order valence-corrected chi connectivity index (χ4v) is 1.43. The van der Waals surface area contributed by atoms with E-state index in [0.29, 0.717) is 0 Å². The molecule has 1 aromatic carbocycles. The maximum atomic E-state index is 12.1. The van der Waals surface area contributed by atoms with Crippen molar-refractivity contribution in [2.45, 2.75) is 0 Å². The third-order valence-electron chi connectivity index (χ3n) is 2.36. The average Bonchev–Trinajstić information content (AvgIpc) is 2.38. The number of hydrogen-bond acceptors (Lipinski definition) is 4. The largest absolute Gasteiger partial charge is 0.384 e. The predicted molar refractivity (Wildman–Crippen MR) is 65.6 cm³/mol. The van der Waals surface area contributed by atoms with Gasteiger partial charge in [-0.25, -0.2) is 9.97 Å². The number of aromatic nitrogens is 2. The monoisotopic (exact) mass is 228 g/mol. The van der Waals surface area contributed by atoms with Gasteiger partial charge in [0.1, 0.15) is 17.8 Å². The molecule has 5 nitrogen and oxygen atoms in total. The minimum atomic E-state index is -0.217. The van der Waals surface area contributed by atoms with E-state index in [0.717, 1.165) is 5.69 Å². The van der Waals surface area contributed by atoms with Crippen molar-refractivity contribution >= 4 is 17.4 Å². The second-order valence-electron chi connectivity index (χ2n) is 3.53. The summed E-state index contributed by atoms with van der Waals surface area (Å²) in [5.74, 6) is 0.0649. The highest BCUT2D eigenvalue weighted by molar-refractivity contribution is 6.04. The van der Waals surface area contributed by atoms with Crippen LogP contribution in [0.25, 0.3) is 0 Å². The normalized spacial score (nSPS) is 9.94. The van der Waals surface area contributed by atoms with E-state index in [1.807, 2.05) is 30.3 Å². The van der Waals surface area contributed by atoms with E-state index >= 15 is 0 Å². The van der Waals surface area contributed by atoms with Crippen molar-refractivity contribution in [3.63, 3.8) is 0 Å². The molecule has 0 saturated heterocycles. The Labute approximate surface area is 98.9 Å². The van der Waals surface area contributed by atoms with E-state index in [4.69, 9.17) is 5.73 Å². The van der Waals surface area contributed by atoms with Gasteiger partial charge in [-0.05, 0) is 12.1 Å². The van der Waals surface area contributed by atoms with E-state index < -0.39 is 0 Å². The number of nitrogens with zero attached hydrogens (tertiary/aromatic N) is 3. The smallest absolute Gasteiger partial charge is 0.276 e. The minimum Gasteiger partial charge on any atom is -0.384 e. The van der Waals surface area contributed by atoms with Gasteiger partial charge in [0.25, 0.3) is 5.91 Å². The number of benzene rings is 1. The van der Waals surface area contributed by atoms with Gasteiger partial charge in [-0.3, -0.25) is 4.79 Å². The van der Waals surface area contributed by atoms with Gasteiger partial charge in [-0.2, -0.15) is 0 Å². The summed E-state index contributed by atoms with van der Waals surface area (Å²) in [4.78, 5) is 21.2. The summed E-state index contributed by atoms with van der Waals surface area (Å²) in [6.45, 7) is 0. The van der Waals surface area contributed by atoms with Crippen LogP contribution in [0, 0.1) is 0 Å². The first-order valence-electron chi connectivity index (χ1n) is 5.09. The third kappa shape index (κ3) is 2.39. The molecule has 1 heterocycles. The van der Waals surface area contributed by atoms with Crippen molar-refractivity contribution in [3.05, 3.63) is 48.4 Å². The van der Waals surface area contributed by atoms with Gasteiger partial charge in [-0.1, -0.05) is 18.2 Å². The van der Waals surface area contributed by atoms with Gasteiger partial charge in [0.15, 0.2) is 0 Å². The van der Waals surface area contributed by atoms with Crippen LogP contribution >= 0.6 is 0 Å². The number of carbonyl (C=O) groups is 1. The Morgan fingerprint density at radius 3 is 2.59 bits per heavy atom. The Kier molecular flexibility index (Phi) is 3.00. The number of nitrogens with two attached hydrogens (primary N) is 1. The first kappa shape index (κ1) is 11.1. The predicted octanol–water partition coefficient (Wildman–Crippen LogP) is 1.34. The molecule has 0 spiro atoms. The number of rotatable bonds is 2. The highest BCUT2D eigenvalue weighted by Gasteiger charge is 2.14. The van der Waals surface area contributed by atoms with Gasteiger partial charge in [-0.15, -0.1) is 0 Å². The molecule has 0 fully saturated rings. The van der Waals surface area contributed by atoms with Gasteiger partial charge >= 0.3 is 0 Å². The number of anilines is 2. The lowest BCUT2D eigenvalue weighted by molar-refractivity contribution is 0.0988. The van der Waals surface area contributed by atoms with Crippen LogP contribution in [0.3, 0.4) is 0 Å². The zero-order valence-corrected chi connectivity index (χ0v) is 9.37. The molecular weight excluding hydrogens is 216 g/mol. The summed E-state index contributed by atoms with van der Waals surface area (Å²) in [5, 5.41) is 0. The van der Waals surface area contributed by atoms with Crippen molar-refractivity contribution < 1.29 is 4.79 Å². The van der Waals surface area contributed by atoms with Crippen molar-refractivity contribution in [1.29, 1.82) is 0 Å². The number of nitrogen functional groups attached to an aromatic ring is 1. The fraction of sp³-hybridized carbons (Fsp3) is 0.0833. The minimum absolute atomic E-state index is 0.217. The third-order valence-corrected chi connectivity index (χ3v) is 2.36. The summed E-state index contributed by atoms with van der Waals surface area (Å²) in [5.41, 5.74) is 6.60. The Morgan fingerprint density at radius 1 is 1.24 bits per heavy atom. The molecule has 0 atom stereocenters. The van der Waals surface area contributed by atoms with Crippen LogP contribution in [0.5, 0.6) is 0 Å². The van der Waals surface area contributed by atoms with Crippen LogP contribution in [-0.2, 0) is 0 Å². The molecule has 0 aliphatic rings. The highest BCUT2D eigenvalue weighted by Crippen LogP contribution is 2.14. The van der Waals surface area contributed by atoms with Gasteiger partial charge in [0.05, 0.1) is 0 Å². The molecular formula is C12H12N4O. The summed E-state index contributed by atoms with van der Waals surface area (Å²) < 4.78 is 0. The van der Waals surface area contributed by atoms with Crippen LogP contribution in [0.15, 0.2) is 42.7 Å². The second kappa shape index (κ2) is 4.61. The lowest BCUT2D eigenvalue weighted by Crippen LogP contribution is -2.27. The van der Waals surface area contributed by atoms with Crippen molar-refractivity contribution in [2.24, 2.45) is 0 Å². The number of carbonyl (C=O) groups excluding carboxylic acids is 1. The summed E-state index contributed by atoms with van der Waals surface area (Å²) in [6.07, 6.45) is 1.28. The van der Waals surface area contributed by atoms with E-state index in [2.05, 4.69) is 9.97 Å². The molecule has 5 heteroatoms. The Balaban J connectivity index is 2.27. The molecule has 0 bridgehead atoms. The zero-order chi connectivity index (χ0) is 12.3. The molecule has 86 valence electrons. The van der Waals surface area contributed by atoms with Gasteiger partial charge in [0.2, 0.25) is 0 Å². The fourth-order valence-electron chi connectivity index (χ4n) is 1.43. The number of para-hydroxylation sites is 1. The van der Waals surface area contributed by atoms with Gasteiger partial charge < -0.3 is 10.6 Å². The molecule has 1 amide bonds. The Bertz CT molecular complexity index is 527. The van der Waals surface area contributed by atoms with Crippen molar-refractivity contribution in [1.82, 2.24) is 9.97 Å². The van der Waals surface area contributed by atoms with Crippen molar-refractivity contribution in [3.8, 4) is 0 Å². The maximum Gasteiger partial charge on any atom is 0.276 e. The van der Waals surface area contributed by atoms with Crippen LogP contribution in [-0.4, -0.2) is 22.9 Å². The standard InChI is InChI=1S/C12H12N4O/c1-16(9-5-3-2-4-6-9)12(17)10-7-11(13)15-8-14-10/h2-8H,1H3,(H2,13,14,15). The lowest BCUT2D eigenvalue weighted by Gasteiger charge is -2.16. The molecule has 2 aromatic rings. The van der Waals surface area contributed by atoms with E-state index in [1.165, 1.54) is 17.3 Å². The molecule has 17 heavy (non-hydrogen) atoms. The maximum absolute atomic E-state index is 12.1. The second-order valence-corrected chi connectivity index (χ2v) is 3.53. The van der Waals surface area contributed by atoms with E-state index in [9.17, 15) is 4.79 Å². The summed E-state index contributed by atoms with van der Waals surface area (Å²) in [7, 11) is 1.69. The molecule has 2 N–H and O–H groups in total. The first-order chi connectivity index (χ1) is 8.18. The molecule has 0 radical (unpaired) electrons. The number of hydrogen-bond donors (Lipinski definition) is 1. The summed E-state index contributed by atoms with van der Waals surface area (Å²) >= 11 is 0. The highest BCUT2D eigenvalue weighted by atomic mass is 16.2. The Morgan fingerprint density at radius 2 is 1.94 bits per heavy atom. The summed E-state index contributed by atoms with van der Waals surface area (Å²) in [6, 6.07) is 10.8. The molecule has 2 rings (SSSR count). The topological polar surface area (TPSA) is 72.1 Å². The van der Waals surface area contributed by atoms with E-state index in [-0.39, 0.29) is 17.4 Å². The number of amides is 1. The zero-order valence-electron chi connectivity index (χ0n) is 9.37. The average molecular weight is 228 g/mol. The molecule has 1 aromatic heterocycles. The van der Waals surface area contributed by atoms with Crippen LogP contribution in [0.1, 0.15) is 10.5 Å². The van der Waals surface area contributed by atoms with Crippen molar-refractivity contribution in [2.75, 3.05) is 17.7 Å². The van der Waals surface area contributed by atoms with Gasteiger partial charge in [0, 0.05) is 18.8 Å². The lowest BCUT2D eigenvalue weighted by atomic mass is 10.2. The first-order valence-corrected chi connectivity index (χ1v) is 5.09.